The monoisotopic (exact) mass is 288 g/mol. The van der Waals surface area contributed by atoms with Gasteiger partial charge in [-0.05, 0) is 48.9 Å². The number of aryl methyl sites for hydroxylation is 1. The Hall–Kier alpha value is -2.89. The predicted octanol–water partition coefficient (Wildman–Crippen LogP) is 2.67. The summed E-state index contributed by atoms with van der Waals surface area (Å²) in [5.74, 6) is -2.34. The van der Waals surface area contributed by atoms with Crippen LogP contribution in [0, 0.1) is 12.7 Å². The van der Waals surface area contributed by atoms with E-state index < -0.39 is 17.7 Å². The van der Waals surface area contributed by atoms with Gasteiger partial charge >= 0.3 is 5.97 Å². The van der Waals surface area contributed by atoms with Crippen molar-refractivity contribution < 1.29 is 19.1 Å². The first-order chi connectivity index (χ1) is 9.86. The lowest BCUT2D eigenvalue weighted by Gasteiger charge is -2.10. The van der Waals surface area contributed by atoms with E-state index in [0.717, 1.165) is 6.07 Å². The maximum atomic E-state index is 13.3. The van der Waals surface area contributed by atoms with Crippen LogP contribution in [-0.2, 0) is 0 Å². The predicted molar refractivity (Wildman–Crippen MR) is 76.9 cm³/mol. The van der Waals surface area contributed by atoms with Crippen molar-refractivity contribution in [1.29, 1.82) is 0 Å². The molecule has 5 nitrogen and oxygen atoms in total. The number of carbonyl (C=O) groups excluding carboxylic acids is 1. The fourth-order valence-electron chi connectivity index (χ4n) is 1.91. The summed E-state index contributed by atoms with van der Waals surface area (Å²) in [6.45, 7) is 1.66. The van der Waals surface area contributed by atoms with Gasteiger partial charge in [0.2, 0.25) is 0 Å². The Morgan fingerprint density at radius 1 is 1.19 bits per heavy atom. The van der Waals surface area contributed by atoms with Crippen LogP contribution in [0.3, 0.4) is 0 Å². The van der Waals surface area contributed by atoms with Gasteiger partial charge in [-0.3, -0.25) is 4.79 Å². The van der Waals surface area contributed by atoms with Gasteiger partial charge in [-0.2, -0.15) is 0 Å². The highest BCUT2D eigenvalue weighted by Crippen LogP contribution is 2.20. The van der Waals surface area contributed by atoms with E-state index >= 15 is 0 Å². The summed E-state index contributed by atoms with van der Waals surface area (Å²) >= 11 is 0. The van der Waals surface area contributed by atoms with Crippen LogP contribution in [0.4, 0.5) is 15.8 Å². The maximum absolute atomic E-state index is 13.3. The molecule has 0 fully saturated rings. The number of anilines is 2. The summed E-state index contributed by atoms with van der Waals surface area (Å²) in [5.41, 5.74) is 6.56. The standard InChI is InChI=1S/C15H13FN2O3/c1-8-4-9(6-10(16)5-8)14(19)18-13-7-11(17)2-3-12(13)15(20)21/h2-7H,17H2,1H3,(H,18,19)(H,20,21). The van der Waals surface area contributed by atoms with Crippen molar-refractivity contribution >= 4 is 23.3 Å². The Kier molecular flexibility index (Phi) is 3.89. The van der Waals surface area contributed by atoms with E-state index in [0.29, 0.717) is 11.3 Å². The molecule has 2 rings (SSSR count). The normalized spacial score (nSPS) is 10.2. The second-order valence-corrected chi connectivity index (χ2v) is 4.58. The summed E-state index contributed by atoms with van der Waals surface area (Å²) in [4.78, 5) is 23.2. The topological polar surface area (TPSA) is 92.4 Å². The minimum Gasteiger partial charge on any atom is -0.478 e. The number of carbonyl (C=O) groups is 2. The Bertz CT molecular complexity index is 709. The third-order valence-corrected chi connectivity index (χ3v) is 2.83. The molecular weight excluding hydrogens is 275 g/mol. The third kappa shape index (κ3) is 3.36. The van der Waals surface area contributed by atoms with Crippen LogP contribution in [0.15, 0.2) is 36.4 Å². The number of carboxylic acids is 1. The molecule has 0 heterocycles. The molecule has 21 heavy (non-hydrogen) atoms. The fraction of sp³-hybridized carbons (Fsp3) is 0.0667. The molecule has 0 aliphatic heterocycles. The molecule has 0 bridgehead atoms. The number of hydrogen-bond acceptors (Lipinski definition) is 3. The van der Waals surface area contributed by atoms with Gasteiger partial charge in [0.15, 0.2) is 0 Å². The molecule has 0 saturated carbocycles. The number of rotatable bonds is 3. The van der Waals surface area contributed by atoms with Crippen LogP contribution in [0.2, 0.25) is 0 Å². The van der Waals surface area contributed by atoms with E-state index in [1.807, 2.05) is 0 Å². The van der Waals surface area contributed by atoms with Crippen molar-refractivity contribution in [3.8, 4) is 0 Å². The van der Waals surface area contributed by atoms with Crippen LogP contribution in [0.1, 0.15) is 26.3 Å². The summed E-state index contributed by atoms with van der Waals surface area (Å²) in [6.07, 6.45) is 0. The lowest BCUT2D eigenvalue weighted by atomic mass is 10.1. The first-order valence-corrected chi connectivity index (χ1v) is 6.08. The molecule has 0 aromatic heterocycles. The highest BCUT2D eigenvalue weighted by Gasteiger charge is 2.14. The number of nitrogens with two attached hydrogens (primary N) is 1. The van der Waals surface area contributed by atoms with Crippen molar-refractivity contribution in [1.82, 2.24) is 0 Å². The lowest BCUT2D eigenvalue weighted by molar-refractivity contribution is 0.0698. The van der Waals surface area contributed by atoms with E-state index in [2.05, 4.69) is 5.32 Å². The molecule has 0 atom stereocenters. The number of benzene rings is 2. The van der Waals surface area contributed by atoms with Crippen molar-refractivity contribution in [3.63, 3.8) is 0 Å². The van der Waals surface area contributed by atoms with Gasteiger partial charge in [-0.25, -0.2) is 9.18 Å². The van der Waals surface area contributed by atoms with Gasteiger partial charge in [0.1, 0.15) is 5.82 Å². The number of aromatic carboxylic acids is 1. The molecule has 6 heteroatoms. The molecule has 0 unspecified atom stereocenters. The summed E-state index contributed by atoms with van der Waals surface area (Å²) in [7, 11) is 0. The minimum atomic E-state index is -1.19. The largest absolute Gasteiger partial charge is 0.478 e. The summed E-state index contributed by atoms with van der Waals surface area (Å²) in [6, 6.07) is 7.93. The lowest BCUT2D eigenvalue weighted by Crippen LogP contribution is -2.15. The molecule has 1 amide bonds. The Balaban J connectivity index is 2.35. The molecule has 2 aromatic rings. The molecular formula is C15H13FN2O3. The van der Waals surface area contributed by atoms with Crippen molar-refractivity contribution in [3.05, 3.63) is 58.9 Å². The molecule has 0 radical (unpaired) electrons. The van der Waals surface area contributed by atoms with Gasteiger partial charge in [0.05, 0.1) is 11.3 Å². The summed E-state index contributed by atoms with van der Waals surface area (Å²) < 4.78 is 13.3. The molecule has 108 valence electrons. The highest BCUT2D eigenvalue weighted by molar-refractivity contribution is 6.08. The molecule has 2 aromatic carbocycles. The zero-order chi connectivity index (χ0) is 15.6. The minimum absolute atomic E-state index is 0.0643. The second kappa shape index (κ2) is 5.62. The zero-order valence-electron chi connectivity index (χ0n) is 11.2. The maximum Gasteiger partial charge on any atom is 0.337 e. The fourth-order valence-corrected chi connectivity index (χ4v) is 1.91. The second-order valence-electron chi connectivity index (χ2n) is 4.58. The van der Waals surface area contributed by atoms with Crippen LogP contribution in [0.5, 0.6) is 0 Å². The van der Waals surface area contributed by atoms with Crippen LogP contribution < -0.4 is 11.1 Å². The van der Waals surface area contributed by atoms with Crippen molar-refractivity contribution in [2.75, 3.05) is 11.1 Å². The number of nitrogen functional groups attached to an aromatic ring is 1. The average Bonchev–Trinajstić information content (AvgIpc) is 2.37. The number of hydrogen-bond donors (Lipinski definition) is 3. The van der Waals surface area contributed by atoms with Crippen LogP contribution in [0.25, 0.3) is 0 Å². The molecule has 0 saturated heterocycles. The van der Waals surface area contributed by atoms with E-state index in [4.69, 9.17) is 10.8 Å². The van der Waals surface area contributed by atoms with Gasteiger partial charge in [0, 0.05) is 11.3 Å². The van der Waals surface area contributed by atoms with Gasteiger partial charge in [-0.1, -0.05) is 0 Å². The molecule has 0 aliphatic carbocycles. The number of carboxylic acid groups (broad SMARTS) is 1. The van der Waals surface area contributed by atoms with E-state index in [-0.39, 0.29) is 16.8 Å². The van der Waals surface area contributed by atoms with Gasteiger partial charge in [0.25, 0.3) is 5.91 Å². The Morgan fingerprint density at radius 2 is 1.90 bits per heavy atom. The quantitative estimate of drug-likeness (QED) is 0.757. The zero-order valence-corrected chi connectivity index (χ0v) is 11.2. The van der Waals surface area contributed by atoms with E-state index in [1.165, 1.54) is 30.3 Å². The number of halogens is 1. The molecule has 0 spiro atoms. The van der Waals surface area contributed by atoms with Crippen molar-refractivity contribution in [2.24, 2.45) is 0 Å². The van der Waals surface area contributed by atoms with Gasteiger partial charge < -0.3 is 16.2 Å². The smallest absolute Gasteiger partial charge is 0.337 e. The van der Waals surface area contributed by atoms with E-state index in [1.54, 1.807) is 6.92 Å². The average molecular weight is 288 g/mol. The third-order valence-electron chi connectivity index (χ3n) is 2.83. The van der Waals surface area contributed by atoms with Gasteiger partial charge in [-0.15, -0.1) is 0 Å². The first-order valence-electron chi connectivity index (χ1n) is 6.08. The summed E-state index contributed by atoms with van der Waals surface area (Å²) in [5, 5.41) is 11.5. The first kappa shape index (κ1) is 14.5. The Labute approximate surface area is 120 Å². The number of nitrogens with one attached hydrogen (secondary N) is 1. The highest BCUT2D eigenvalue weighted by atomic mass is 19.1. The van der Waals surface area contributed by atoms with E-state index in [9.17, 15) is 14.0 Å². The Morgan fingerprint density at radius 3 is 2.52 bits per heavy atom. The van der Waals surface area contributed by atoms with Crippen molar-refractivity contribution in [2.45, 2.75) is 6.92 Å². The van der Waals surface area contributed by atoms with Crippen LogP contribution in [-0.4, -0.2) is 17.0 Å². The number of amides is 1. The molecule has 0 aliphatic rings. The molecule has 4 N–H and O–H groups in total. The van der Waals surface area contributed by atoms with Crippen LogP contribution >= 0.6 is 0 Å². The SMILES string of the molecule is Cc1cc(F)cc(C(=O)Nc2cc(N)ccc2C(=O)O)c1.